The average molecular weight is 444 g/mol. The molecule has 1 saturated heterocycles. The zero-order valence-corrected chi connectivity index (χ0v) is 19.1. The Hall–Kier alpha value is -3.36. The molecule has 32 heavy (non-hydrogen) atoms. The Bertz CT molecular complexity index is 1040. The quantitative estimate of drug-likeness (QED) is 0.655. The molecule has 1 aliphatic rings. The minimum absolute atomic E-state index is 0.123. The van der Waals surface area contributed by atoms with Crippen molar-refractivity contribution in [1.82, 2.24) is 14.7 Å². The summed E-state index contributed by atoms with van der Waals surface area (Å²) in [6.07, 6.45) is 0.957. The fourth-order valence-corrected chi connectivity index (χ4v) is 3.61. The molecule has 0 radical (unpaired) electrons. The highest BCUT2D eigenvalue weighted by Gasteiger charge is 2.35. The number of hydrogen-bond donors (Lipinski definition) is 0. The Morgan fingerprint density at radius 2 is 1.84 bits per heavy atom. The molecule has 1 aromatic heterocycles. The molecule has 0 N–H and O–H groups in total. The predicted molar refractivity (Wildman–Crippen MR) is 117 cm³/mol. The number of carbonyl (C=O) groups is 2. The van der Waals surface area contributed by atoms with Crippen molar-refractivity contribution < 1.29 is 23.8 Å². The third-order valence-electron chi connectivity index (χ3n) is 5.11. The maximum Gasteiger partial charge on any atom is 0.410 e. The maximum absolute atomic E-state index is 12.9. The topological polar surface area (TPSA) is 100.0 Å². The third kappa shape index (κ3) is 5.27. The van der Waals surface area contributed by atoms with Gasteiger partial charge in [-0.2, -0.15) is 5.10 Å². The van der Waals surface area contributed by atoms with Crippen molar-refractivity contribution in [1.29, 1.82) is 0 Å². The molecule has 1 fully saturated rings. The number of ether oxygens (including phenoxy) is 3. The van der Waals surface area contributed by atoms with E-state index in [0.717, 1.165) is 12.0 Å². The normalized spacial score (nSPS) is 16.0. The molecule has 3 rings (SSSR count). The lowest BCUT2D eigenvalue weighted by Crippen LogP contribution is -2.38. The Morgan fingerprint density at radius 1 is 1.16 bits per heavy atom. The molecular weight excluding hydrogens is 414 g/mol. The molecular formula is C23H29N3O6. The third-order valence-corrected chi connectivity index (χ3v) is 5.11. The van der Waals surface area contributed by atoms with Gasteiger partial charge in [-0.05, 0) is 57.4 Å². The first-order chi connectivity index (χ1) is 15.1. The van der Waals surface area contributed by atoms with Crippen molar-refractivity contribution in [3.8, 4) is 5.75 Å². The molecule has 1 unspecified atom stereocenters. The fourth-order valence-electron chi connectivity index (χ4n) is 3.61. The molecule has 1 aromatic carbocycles. The summed E-state index contributed by atoms with van der Waals surface area (Å²) in [5.74, 6) is -0.0547. The molecule has 0 spiro atoms. The van der Waals surface area contributed by atoms with E-state index in [9.17, 15) is 14.4 Å². The molecule has 1 amide bonds. The number of rotatable bonds is 5. The van der Waals surface area contributed by atoms with E-state index in [0.29, 0.717) is 24.4 Å². The predicted octanol–water partition coefficient (Wildman–Crippen LogP) is 3.16. The van der Waals surface area contributed by atoms with Crippen LogP contribution in [0.4, 0.5) is 4.79 Å². The van der Waals surface area contributed by atoms with Crippen LogP contribution in [0.1, 0.15) is 61.3 Å². The largest absolute Gasteiger partial charge is 0.497 e. The average Bonchev–Trinajstić information content (AvgIpc) is 3.24. The van der Waals surface area contributed by atoms with Gasteiger partial charge in [0.1, 0.15) is 16.9 Å². The molecule has 2 heterocycles. The van der Waals surface area contributed by atoms with E-state index in [1.165, 1.54) is 17.9 Å². The van der Waals surface area contributed by atoms with Crippen LogP contribution >= 0.6 is 0 Å². The number of aromatic nitrogens is 2. The van der Waals surface area contributed by atoms with E-state index in [1.807, 2.05) is 12.1 Å². The second-order valence-electron chi connectivity index (χ2n) is 8.62. The van der Waals surface area contributed by atoms with Gasteiger partial charge >= 0.3 is 12.1 Å². The van der Waals surface area contributed by atoms with Gasteiger partial charge in [0.05, 0.1) is 32.5 Å². The number of esters is 1. The Labute approximate surface area is 186 Å². The first kappa shape index (κ1) is 23.3. The smallest absolute Gasteiger partial charge is 0.410 e. The first-order valence-electron chi connectivity index (χ1n) is 10.5. The highest BCUT2D eigenvalue weighted by atomic mass is 16.6. The van der Waals surface area contributed by atoms with Crippen molar-refractivity contribution in [3.05, 3.63) is 57.5 Å². The summed E-state index contributed by atoms with van der Waals surface area (Å²) in [4.78, 5) is 39.6. The molecule has 1 aliphatic heterocycles. The van der Waals surface area contributed by atoms with Crippen LogP contribution < -0.4 is 10.3 Å². The zero-order chi connectivity index (χ0) is 23.5. The monoisotopic (exact) mass is 443 g/mol. The number of nitrogens with zero attached hydrogens (tertiary/aromatic N) is 3. The fraction of sp³-hybridized carbons (Fsp3) is 0.478. The van der Waals surface area contributed by atoms with E-state index in [2.05, 4.69) is 5.10 Å². The van der Waals surface area contributed by atoms with Gasteiger partial charge in [0.25, 0.3) is 5.56 Å². The van der Waals surface area contributed by atoms with Gasteiger partial charge < -0.3 is 14.2 Å². The van der Waals surface area contributed by atoms with E-state index in [4.69, 9.17) is 14.2 Å². The summed E-state index contributed by atoms with van der Waals surface area (Å²) in [6.45, 7) is 6.07. The lowest BCUT2D eigenvalue weighted by Gasteiger charge is -2.28. The highest BCUT2D eigenvalue weighted by molar-refractivity contribution is 5.89. The summed E-state index contributed by atoms with van der Waals surface area (Å²) in [5.41, 5.74) is -0.0620. The van der Waals surface area contributed by atoms with Crippen LogP contribution in [-0.2, 0) is 16.0 Å². The van der Waals surface area contributed by atoms with Crippen molar-refractivity contribution in [2.75, 3.05) is 20.8 Å². The molecule has 172 valence electrons. The van der Waals surface area contributed by atoms with E-state index >= 15 is 0 Å². The van der Waals surface area contributed by atoms with E-state index in [-0.39, 0.29) is 12.1 Å². The number of hydrogen-bond acceptors (Lipinski definition) is 7. The SMILES string of the molecule is COC(=O)c1cc(C2CCCN2C(=O)OC(C)(C)C)nn(Cc2ccc(OC)cc2)c1=O. The van der Waals surface area contributed by atoms with Crippen LogP contribution in [0, 0.1) is 0 Å². The van der Waals surface area contributed by atoms with Gasteiger partial charge in [-0.25, -0.2) is 14.3 Å². The molecule has 1 atom stereocenters. The number of benzene rings is 1. The van der Waals surface area contributed by atoms with Crippen LogP contribution in [-0.4, -0.2) is 53.1 Å². The lowest BCUT2D eigenvalue weighted by atomic mass is 10.1. The number of likely N-dealkylation sites (tertiary alicyclic amines) is 1. The van der Waals surface area contributed by atoms with Crippen LogP contribution in [0.5, 0.6) is 5.75 Å². The summed E-state index contributed by atoms with van der Waals surface area (Å²) >= 11 is 0. The Balaban J connectivity index is 1.99. The van der Waals surface area contributed by atoms with Gasteiger partial charge in [0.2, 0.25) is 0 Å². The van der Waals surface area contributed by atoms with Crippen molar-refractivity contribution in [2.45, 2.75) is 51.8 Å². The molecule has 9 nitrogen and oxygen atoms in total. The number of amides is 1. The van der Waals surface area contributed by atoms with Crippen LogP contribution in [0.3, 0.4) is 0 Å². The van der Waals surface area contributed by atoms with Gasteiger partial charge in [-0.15, -0.1) is 0 Å². The van der Waals surface area contributed by atoms with Gasteiger partial charge in [0, 0.05) is 6.54 Å². The molecule has 0 bridgehead atoms. The minimum atomic E-state index is -0.746. The van der Waals surface area contributed by atoms with Crippen LogP contribution in [0.25, 0.3) is 0 Å². The van der Waals surface area contributed by atoms with E-state index in [1.54, 1.807) is 44.9 Å². The van der Waals surface area contributed by atoms with Gasteiger partial charge in [0.15, 0.2) is 0 Å². The summed E-state index contributed by atoms with van der Waals surface area (Å²) in [5, 5.41) is 4.51. The van der Waals surface area contributed by atoms with Crippen molar-refractivity contribution in [2.24, 2.45) is 0 Å². The standard InChI is InChI=1S/C23H29N3O6/c1-23(2,3)32-22(29)25-12-6-7-19(25)18-13-17(21(28)31-5)20(27)26(24-18)14-15-8-10-16(30-4)11-9-15/h8-11,13,19H,6-7,12,14H2,1-5H3. The van der Waals surface area contributed by atoms with Gasteiger partial charge in [-0.1, -0.05) is 12.1 Å². The molecule has 9 heteroatoms. The molecule has 0 saturated carbocycles. The first-order valence-corrected chi connectivity index (χ1v) is 10.5. The summed E-state index contributed by atoms with van der Waals surface area (Å²) < 4.78 is 16.7. The second kappa shape index (κ2) is 9.42. The Kier molecular flexibility index (Phi) is 6.86. The zero-order valence-electron chi connectivity index (χ0n) is 19.1. The van der Waals surface area contributed by atoms with Crippen LogP contribution in [0.2, 0.25) is 0 Å². The second-order valence-corrected chi connectivity index (χ2v) is 8.62. The summed E-state index contributed by atoms with van der Waals surface area (Å²) in [7, 11) is 2.80. The van der Waals surface area contributed by atoms with Gasteiger partial charge in [-0.3, -0.25) is 9.69 Å². The lowest BCUT2D eigenvalue weighted by molar-refractivity contribution is 0.0220. The maximum atomic E-state index is 12.9. The van der Waals surface area contributed by atoms with Crippen LogP contribution in [0.15, 0.2) is 35.1 Å². The van der Waals surface area contributed by atoms with Crippen molar-refractivity contribution >= 4 is 12.1 Å². The Morgan fingerprint density at radius 3 is 2.44 bits per heavy atom. The molecule has 0 aliphatic carbocycles. The van der Waals surface area contributed by atoms with E-state index < -0.39 is 29.3 Å². The number of carbonyl (C=O) groups excluding carboxylic acids is 2. The molecule has 2 aromatic rings. The minimum Gasteiger partial charge on any atom is -0.497 e. The highest BCUT2D eigenvalue weighted by Crippen LogP contribution is 2.32. The number of methoxy groups -OCH3 is 2. The van der Waals surface area contributed by atoms with Crippen molar-refractivity contribution in [3.63, 3.8) is 0 Å². The summed E-state index contributed by atoms with van der Waals surface area (Å²) in [6, 6.07) is 8.22.